The number of benzene rings is 1. The molecule has 0 amide bonds. The van der Waals surface area contributed by atoms with Crippen LogP contribution in [0.3, 0.4) is 0 Å². The van der Waals surface area contributed by atoms with Crippen LogP contribution in [0.1, 0.15) is 0 Å². The first-order valence-electron chi connectivity index (χ1n) is 6.17. The molecule has 3 rings (SSSR count). The second-order valence-electron chi connectivity index (χ2n) is 4.38. The van der Waals surface area contributed by atoms with Gasteiger partial charge in [-0.2, -0.15) is 9.49 Å². The van der Waals surface area contributed by atoms with Crippen LogP contribution in [0.2, 0.25) is 0 Å². The van der Waals surface area contributed by atoms with Gasteiger partial charge in [0.25, 0.3) is 0 Å². The van der Waals surface area contributed by atoms with Crippen LogP contribution in [-0.2, 0) is 0 Å². The molecule has 0 saturated carbocycles. The van der Waals surface area contributed by atoms with E-state index in [1.807, 2.05) is 0 Å². The molecule has 2 aromatic heterocycles. The second kappa shape index (κ2) is 5.32. The van der Waals surface area contributed by atoms with Crippen molar-refractivity contribution in [2.45, 2.75) is 0 Å². The molecule has 0 aliphatic carbocycles. The van der Waals surface area contributed by atoms with Gasteiger partial charge in [-0.15, -0.1) is 0 Å². The van der Waals surface area contributed by atoms with Gasteiger partial charge >= 0.3 is 5.69 Å². The molecule has 0 atom stereocenters. The van der Waals surface area contributed by atoms with Crippen molar-refractivity contribution in [3.63, 3.8) is 0 Å². The van der Waals surface area contributed by atoms with E-state index in [1.54, 1.807) is 24.4 Å². The molecule has 0 fully saturated rings. The third-order valence-corrected chi connectivity index (χ3v) is 3.03. The zero-order valence-corrected chi connectivity index (χ0v) is 11.0. The molecular weight excluding hydrogens is 294 g/mol. The molecule has 0 radical (unpaired) electrons. The Balaban J connectivity index is 2.04. The largest absolute Gasteiger partial charge is 0.308 e. The van der Waals surface area contributed by atoms with Crippen LogP contribution in [0.5, 0.6) is 0 Å². The topological polar surface area (TPSA) is 73.8 Å². The molecule has 2 heterocycles. The highest BCUT2D eigenvalue weighted by molar-refractivity contribution is 5.57. The summed E-state index contributed by atoms with van der Waals surface area (Å²) in [5, 5.41) is 14.5. The maximum Gasteiger partial charge on any atom is 0.308 e. The summed E-state index contributed by atoms with van der Waals surface area (Å²) in [5.74, 6) is -2.85. The molecule has 110 valence electrons. The van der Waals surface area contributed by atoms with E-state index in [0.29, 0.717) is 11.3 Å². The number of hydrogen-bond donors (Lipinski definition) is 0. The van der Waals surface area contributed by atoms with Crippen molar-refractivity contribution in [3.05, 3.63) is 70.7 Å². The van der Waals surface area contributed by atoms with Gasteiger partial charge in [-0.25, -0.2) is 9.07 Å². The van der Waals surface area contributed by atoms with E-state index in [0.717, 1.165) is 16.8 Å². The van der Waals surface area contributed by atoms with Crippen molar-refractivity contribution < 1.29 is 13.7 Å². The van der Waals surface area contributed by atoms with Gasteiger partial charge in [-0.05, 0) is 18.2 Å². The number of rotatable bonds is 3. The maximum atomic E-state index is 14.0. The summed E-state index contributed by atoms with van der Waals surface area (Å²) in [5.41, 5.74) is 0.0962. The van der Waals surface area contributed by atoms with Crippen LogP contribution in [0.15, 0.2) is 48.9 Å². The number of halogens is 2. The van der Waals surface area contributed by atoms with E-state index >= 15 is 0 Å². The highest BCUT2D eigenvalue weighted by atomic mass is 19.2. The van der Waals surface area contributed by atoms with E-state index in [9.17, 15) is 18.9 Å². The molecule has 0 unspecified atom stereocenters. The van der Waals surface area contributed by atoms with Crippen molar-refractivity contribution >= 4 is 5.69 Å². The number of nitro groups is 1. The van der Waals surface area contributed by atoms with Crippen molar-refractivity contribution in [2.75, 3.05) is 0 Å². The molecule has 0 aliphatic heterocycles. The van der Waals surface area contributed by atoms with Gasteiger partial charge in [0.05, 0.1) is 16.8 Å². The van der Waals surface area contributed by atoms with Crippen LogP contribution in [0.25, 0.3) is 16.9 Å². The van der Waals surface area contributed by atoms with Crippen LogP contribution < -0.4 is 0 Å². The molecule has 0 saturated heterocycles. The predicted molar refractivity (Wildman–Crippen MR) is 73.4 cm³/mol. The highest BCUT2D eigenvalue weighted by Crippen LogP contribution is 2.25. The summed E-state index contributed by atoms with van der Waals surface area (Å²) in [6, 6.07) is 7.28. The third kappa shape index (κ3) is 2.30. The molecule has 3 aromatic rings. The highest BCUT2D eigenvalue weighted by Gasteiger charge is 2.22. The average molecular weight is 302 g/mol. The fourth-order valence-electron chi connectivity index (χ4n) is 1.97. The molecule has 0 N–H and O–H groups in total. The zero-order valence-electron chi connectivity index (χ0n) is 11.0. The smallest absolute Gasteiger partial charge is 0.258 e. The number of nitro benzene ring substituents is 1. The number of aromatic nitrogens is 3. The molecule has 1 aromatic carbocycles. The lowest BCUT2D eigenvalue weighted by atomic mass is 10.2. The van der Waals surface area contributed by atoms with E-state index in [4.69, 9.17) is 0 Å². The van der Waals surface area contributed by atoms with E-state index < -0.39 is 22.2 Å². The number of nitrogens with zero attached hydrogens (tertiary/aromatic N) is 4. The molecule has 6 nitrogen and oxygen atoms in total. The van der Waals surface area contributed by atoms with Crippen LogP contribution >= 0.6 is 0 Å². The Morgan fingerprint density at radius 1 is 1.14 bits per heavy atom. The normalized spacial score (nSPS) is 10.6. The Labute approximate surface area is 122 Å². The van der Waals surface area contributed by atoms with Gasteiger partial charge in [-0.3, -0.25) is 15.1 Å². The quantitative estimate of drug-likeness (QED) is 0.550. The van der Waals surface area contributed by atoms with Gasteiger partial charge < -0.3 is 0 Å². The minimum atomic E-state index is -1.52. The van der Waals surface area contributed by atoms with Crippen LogP contribution in [0.4, 0.5) is 14.5 Å². The Bertz CT molecular complexity index is 849. The SMILES string of the molecule is O=[N+]([O-])c1ccc(-n2cc(-c3ccccn3)cn2)c(F)c1F. The minimum absolute atomic E-state index is 0.217. The lowest BCUT2D eigenvalue weighted by Gasteiger charge is -2.04. The Morgan fingerprint density at radius 2 is 1.95 bits per heavy atom. The van der Waals surface area contributed by atoms with Gasteiger partial charge in [0.15, 0.2) is 5.82 Å². The van der Waals surface area contributed by atoms with Gasteiger partial charge in [0.1, 0.15) is 5.69 Å². The Kier molecular flexibility index (Phi) is 3.34. The van der Waals surface area contributed by atoms with Crippen molar-refractivity contribution in [3.8, 4) is 16.9 Å². The first kappa shape index (κ1) is 13.8. The summed E-state index contributed by atoms with van der Waals surface area (Å²) in [4.78, 5) is 13.7. The molecule has 0 bridgehead atoms. The van der Waals surface area contributed by atoms with E-state index in [2.05, 4.69) is 10.1 Å². The number of pyridine rings is 1. The lowest BCUT2D eigenvalue weighted by Crippen LogP contribution is -2.03. The van der Waals surface area contributed by atoms with Gasteiger partial charge in [0, 0.05) is 24.0 Å². The second-order valence-corrected chi connectivity index (χ2v) is 4.38. The molecule has 22 heavy (non-hydrogen) atoms. The van der Waals surface area contributed by atoms with Gasteiger partial charge in [-0.1, -0.05) is 6.07 Å². The number of hydrogen-bond acceptors (Lipinski definition) is 4. The lowest BCUT2D eigenvalue weighted by molar-refractivity contribution is -0.387. The van der Waals surface area contributed by atoms with E-state index in [1.165, 1.54) is 12.4 Å². The predicted octanol–water partition coefficient (Wildman–Crippen LogP) is 3.12. The average Bonchev–Trinajstić information content (AvgIpc) is 3.00. The summed E-state index contributed by atoms with van der Waals surface area (Å²) in [6.45, 7) is 0. The first-order valence-corrected chi connectivity index (χ1v) is 6.17. The van der Waals surface area contributed by atoms with Crippen molar-refractivity contribution in [1.82, 2.24) is 14.8 Å². The van der Waals surface area contributed by atoms with Crippen molar-refractivity contribution in [1.29, 1.82) is 0 Å². The Morgan fingerprint density at radius 3 is 2.64 bits per heavy atom. The van der Waals surface area contributed by atoms with Crippen LogP contribution in [0, 0.1) is 21.7 Å². The molecule has 8 heteroatoms. The summed E-state index contributed by atoms with van der Waals surface area (Å²) in [7, 11) is 0. The maximum absolute atomic E-state index is 14.0. The molecule has 0 aliphatic rings. The fourth-order valence-corrected chi connectivity index (χ4v) is 1.97. The fraction of sp³-hybridized carbons (Fsp3) is 0. The summed E-state index contributed by atoms with van der Waals surface area (Å²) < 4.78 is 28.7. The summed E-state index contributed by atoms with van der Waals surface area (Å²) >= 11 is 0. The Hall–Kier alpha value is -3.16. The minimum Gasteiger partial charge on any atom is -0.258 e. The standard InChI is InChI=1S/C14H8F2N4O2/c15-13-11(4-5-12(14(13)16)20(21)22)19-8-9(7-18-19)10-3-1-2-6-17-10/h1-8H. The molecular formula is C14H8F2N4O2. The molecule has 0 spiro atoms. The summed E-state index contributed by atoms with van der Waals surface area (Å²) in [6.07, 6.45) is 4.51. The monoisotopic (exact) mass is 302 g/mol. The third-order valence-electron chi connectivity index (χ3n) is 3.03. The van der Waals surface area contributed by atoms with Gasteiger partial charge in [0.2, 0.25) is 5.82 Å². The van der Waals surface area contributed by atoms with E-state index in [-0.39, 0.29) is 5.69 Å². The zero-order chi connectivity index (χ0) is 15.7. The van der Waals surface area contributed by atoms with Crippen LogP contribution in [-0.4, -0.2) is 19.7 Å². The first-order chi connectivity index (χ1) is 10.6. The van der Waals surface area contributed by atoms with Crippen molar-refractivity contribution in [2.24, 2.45) is 0 Å².